The molecule has 30 heavy (non-hydrogen) atoms. The highest BCUT2D eigenvalue weighted by Gasteiger charge is 2.33. The third-order valence-electron chi connectivity index (χ3n) is 5.94. The molecule has 0 saturated carbocycles. The first kappa shape index (κ1) is 22.5. The molecule has 1 amide bonds. The van der Waals surface area contributed by atoms with Crippen molar-refractivity contribution < 1.29 is 17.7 Å². The van der Waals surface area contributed by atoms with Crippen LogP contribution >= 0.6 is 0 Å². The Morgan fingerprint density at radius 3 is 2.30 bits per heavy atom. The highest BCUT2D eigenvalue weighted by molar-refractivity contribution is 7.89. The molecule has 1 saturated heterocycles. The number of hydrogen-bond acceptors (Lipinski definition) is 5. The zero-order chi connectivity index (χ0) is 22.1. The Labute approximate surface area is 179 Å². The van der Waals surface area contributed by atoms with E-state index in [2.05, 4.69) is 19.0 Å². The van der Waals surface area contributed by atoms with E-state index in [0.717, 1.165) is 22.6 Å². The number of aryl methyl sites for hydroxylation is 2. The SMILES string of the molecule is Cc1noc(C)c1CN(C)C(=O)C1CCN(S(=O)(=O)c2ccc(C(C)C)cc2)CC1. The molecule has 0 spiro atoms. The average Bonchev–Trinajstić information content (AvgIpc) is 3.05. The molecule has 0 atom stereocenters. The molecule has 164 valence electrons. The van der Waals surface area contributed by atoms with Gasteiger partial charge in [0, 0.05) is 31.6 Å². The van der Waals surface area contributed by atoms with Crippen LogP contribution in [0.25, 0.3) is 0 Å². The first-order valence-electron chi connectivity index (χ1n) is 10.4. The summed E-state index contributed by atoms with van der Waals surface area (Å²) in [6.45, 7) is 9.00. The lowest BCUT2D eigenvalue weighted by Crippen LogP contribution is -2.43. The minimum Gasteiger partial charge on any atom is -0.361 e. The molecule has 1 aromatic carbocycles. The molecule has 1 aromatic heterocycles. The van der Waals surface area contributed by atoms with Crippen molar-refractivity contribution in [1.82, 2.24) is 14.4 Å². The predicted molar refractivity (Wildman–Crippen MR) is 114 cm³/mol. The summed E-state index contributed by atoms with van der Waals surface area (Å²) >= 11 is 0. The van der Waals surface area contributed by atoms with Gasteiger partial charge in [0.1, 0.15) is 5.76 Å². The lowest BCUT2D eigenvalue weighted by Gasteiger charge is -2.32. The Hall–Kier alpha value is -2.19. The first-order valence-corrected chi connectivity index (χ1v) is 11.8. The molecule has 0 bridgehead atoms. The molecule has 8 heteroatoms. The van der Waals surface area contributed by atoms with Gasteiger partial charge in [-0.25, -0.2) is 8.42 Å². The van der Waals surface area contributed by atoms with Crippen LogP contribution in [0.1, 0.15) is 55.2 Å². The van der Waals surface area contributed by atoms with Crippen LogP contribution in [0, 0.1) is 19.8 Å². The third-order valence-corrected chi connectivity index (χ3v) is 7.85. The quantitative estimate of drug-likeness (QED) is 0.696. The molecule has 2 heterocycles. The number of aromatic nitrogens is 1. The second-order valence-electron chi connectivity index (χ2n) is 8.40. The Morgan fingerprint density at radius 1 is 1.20 bits per heavy atom. The summed E-state index contributed by atoms with van der Waals surface area (Å²) in [5.41, 5.74) is 2.83. The van der Waals surface area contributed by atoms with Gasteiger partial charge in [-0.1, -0.05) is 31.1 Å². The topological polar surface area (TPSA) is 83.7 Å². The van der Waals surface area contributed by atoms with Crippen LogP contribution < -0.4 is 0 Å². The molecule has 1 aliphatic heterocycles. The van der Waals surface area contributed by atoms with Crippen LogP contribution in [0.2, 0.25) is 0 Å². The summed E-state index contributed by atoms with van der Waals surface area (Å²) in [5, 5.41) is 3.94. The van der Waals surface area contributed by atoms with Crippen LogP contribution in [0.15, 0.2) is 33.7 Å². The summed E-state index contributed by atoms with van der Waals surface area (Å²) in [6, 6.07) is 7.10. The van der Waals surface area contributed by atoms with Crippen molar-refractivity contribution in [3.63, 3.8) is 0 Å². The Bertz CT molecular complexity index is 968. The van der Waals surface area contributed by atoms with Gasteiger partial charge in [-0.3, -0.25) is 4.79 Å². The summed E-state index contributed by atoms with van der Waals surface area (Å²) < 4.78 is 32.6. The second kappa shape index (κ2) is 8.89. The van der Waals surface area contributed by atoms with Crippen LogP contribution in [-0.4, -0.2) is 48.8 Å². The number of benzene rings is 1. The van der Waals surface area contributed by atoms with Crippen LogP contribution in [-0.2, 0) is 21.4 Å². The number of amides is 1. The molecule has 7 nitrogen and oxygen atoms in total. The molecule has 0 aliphatic carbocycles. The summed E-state index contributed by atoms with van der Waals surface area (Å²) in [7, 11) is -1.77. The van der Waals surface area contributed by atoms with E-state index in [9.17, 15) is 13.2 Å². The van der Waals surface area contributed by atoms with Crippen molar-refractivity contribution in [2.75, 3.05) is 20.1 Å². The van der Waals surface area contributed by atoms with Crippen LogP contribution in [0.4, 0.5) is 0 Å². The number of nitrogens with zero attached hydrogens (tertiary/aromatic N) is 3. The second-order valence-corrected chi connectivity index (χ2v) is 10.3. The fourth-order valence-corrected chi connectivity index (χ4v) is 5.34. The van der Waals surface area contributed by atoms with E-state index in [1.807, 2.05) is 26.0 Å². The number of carbonyl (C=O) groups is 1. The maximum Gasteiger partial charge on any atom is 0.243 e. The molecular weight excluding hydrogens is 402 g/mol. The van der Waals surface area contributed by atoms with Crippen molar-refractivity contribution in [2.45, 2.75) is 57.9 Å². The average molecular weight is 434 g/mol. The predicted octanol–water partition coefficient (Wildman–Crippen LogP) is 3.47. The van der Waals surface area contributed by atoms with Gasteiger partial charge in [-0.2, -0.15) is 4.31 Å². The summed E-state index contributed by atoms with van der Waals surface area (Å²) in [6.07, 6.45) is 1.04. The normalized spacial score (nSPS) is 16.2. The molecule has 1 fully saturated rings. The van der Waals surface area contributed by atoms with Crippen molar-refractivity contribution in [1.29, 1.82) is 0 Å². The Morgan fingerprint density at radius 2 is 1.80 bits per heavy atom. The van der Waals surface area contributed by atoms with E-state index in [1.165, 1.54) is 4.31 Å². The van der Waals surface area contributed by atoms with E-state index < -0.39 is 10.0 Å². The fourth-order valence-electron chi connectivity index (χ4n) is 3.87. The molecule has 2 aromatic rings. The molecule has 0 N–H and O–H groups in total. The maximum absolute atomic E-state index is 13.0. The maximum atomic E-state index is 13.0. The van der Waals surface area contributed by atoms with Gasteiger partial charge in [0.25, 0.3) is 0 Å². The highest BCUT2D eigenvalue weighted by atomic mass is 32.2. The third kappa shape index (κ3) is 4.59. The smallest absolute Gasteiger partial charge is 0.243 e. The van der Waals surface area contributed by atoms with E-state index in [4.69, 9.17) is 4.52 Å². The summed E-state index contributed by atoms with van der Waals surface area (Å²) in [4.78, 5) is 14.9. The first-order chi connectivity index (χ1) is 14.1. The molecule has 3 rings (SSSR count). The minimum absolute atomic E-state index is 0.0355. The van der Waals surface area contributed by atoms with E-state index in [-0.39, 0.29) is 11.8 Å². The number of carbonyl (C=O) groups excluding carboxylic acids is 1. The standard InChI is InChI=1S/C22H31N3O4S/c1-15(2)18-6-8-20(9-7-18)30(27,28)25-12-10-19(11-13-25)22(26)24(5)14-21-16(3)23-29-17(21)4/h6-9,15,19H,10-14H2,1-5H3. The summed E-state index contributed by atoms with van der Waals surface area (Å²) in [5.74, 6) is 0.932. The lowest BCUT2D eigenvalue weighted by molar-refractivity contribution is -0.135. The lowest BCUT2D eigenvalue weighted by atomic mass is 9.96. The zero-order valence-corrected chi connectivity index (χ0v) is 19.2. The van der Waals surface area contributed by atoms with E-state index >= 15 is 0 Å². The minimum atomic E-state index is -3.54. The number of rotatable bonds is 6. The van der Waals surface area contributed by atoms with Gasteiger partial charge >= 0.3 is 0 Å². The monoisotopic (exact) mass is 433 g/mol. The van der Waals surface area contributed by atoms with Gasteiger partial charge in [-0.05, 0) is 50.3 Å². The molecule has 1 aliphatic rings. The molecular formula is C22H31N3O4S. The van der Waals surface area contributed by atoms with Crippen LogP contribution in [0.5, 0.6) is 0 Å². The number of piperidine rings is 1. The van der Waals surface area contributed by atoms with E-state index in [0.29, 0.717) is 43.3 Å². The number of hydrogen-bond donors (Lipinski definition) is 0. The van der Waals surface area contributed by atoms with Gasteiger partial charge in [0.05, 0.1) is 17.1 Å². The van der Waals surface area contributed by atoms with Crippen molar-refractivity contribution in [3.8, 4) is 0 Å². The Balaban J connectivity index is 1.61. The number of sulfonamides is 1. The van der Waals surface area contributed by atoms with Crippen LogP contribution in [0.3, 0.4) is 0 Å². The van der Waals surface area contributed by atoms with E-state index in [1.54, 1.807) is 24.1 Å². The molecule has 0 unspecified atom stereocenters. The Kier molecular flexibility index (Phi) is 6.67. The largest absolute Gasteiger partial charge is 0.361 e. The van der Waals surface area contributed by atoms with Gasteiger partial charge in [-0.15, -0.1) is 0 Å². The zero-order valence-electron chi connectivity index (χ0n) is 18.4. The van der Waals surface area contributed by atoms with Gasteiger partial charge in [0.15, 0.2) is 0 Å². The van der Waals surface area contributed by atoms with Crippen molar-refractivity contribution in [2.24, 2.45) is 5.92 Å². The van der Waals surface area contributed by atoms with Gasteiger partial charge in [0.2, 0.25) is 15.9 Å². The molecule has 0 radical (unpaired) electrons. The highest BCUT2D eigenvalue weighted by Crippen LogP contribution is 2.27. The van der Waals surface area contributed by atoms with Gasteiger partial charge < -0.3 is 9.42 Å². The fraction of sp³-hybridized carbons (Fsp3) is 0.545. The van der Waals surface area contributed by atoms with Crippen molar-refractivity contribution >= 4 is 15.9 Å². The van der Waals surface area contributed by atoms with Crippen molar-refractivity contribution in [3.05, 3.63) is 46.8 Å².